The molecule has 1 saturated heterocycles. The Balaban J connectivity index is 1.87. The van der Waals surface area contributed by atoms with Crippen LogP contribution in [0.25, 0.3) is 17.4 Å². The number of hydrogen-bond acceptors (Lipinski definition) is 4. The smallest absolute Gasteiger partial charge is 0.266 e. The van der Waals surface area contributed by atoms with Crippen LogP contribution in [-0.4, -0.2) is 29.1 Å². The highest BCUT2D eigenvalue weighted by atomic mass is 35.5. The fraction of sp³-hybridized carbons (Fsp3) is 0.222. The van der Waals surface area contributed by atoms with Gasteiger partial charge in [-0.1, -0.05) is 23.7 Å². The largest absolute Gasteiger partial charge is 0.457 e. The van der Waals surface area contributed by atoms with Gasteiger partial charge in [0.15, 0.2) is 5.17 Å². The van der Waals surface area contributed by atoms with Gasteiger partial charge in [0.25, 0.3) is 5.91 Å². The van der Waals surface area contributed by atoms with Crippen molar-refractivity contribution in [3.8, 4) is 11.3 Å². The standard InChI is InChI=1S/C18H17ClN2O2S/c1-3-20-18-21(4-2)17(22)16(24-18)11-14-8-9-15(23-14)12-6-5-7-13(19)10-12/h5-11H,3-4H2,1-2H3. The normalized spacial score (nSPS) is 18.1. The summed E-state index contributed by atoms with van der Waals surface area (Å²) < 4.78 is 5.84. The van der Waals surface area contributed by atoms with Crippen molar-refractivity contribution in [3.05, 3.63) is 52.1 Å². The van der Waals surface area contributed by atoms with Gasteiger partial charge in [-0.05, 0) is 49.9 Å². The number of amidine groups is 1. The van der Waals surface area contributed by atoms with Gasteiger partial charge in [-0.15, -0.1) is 0 Å². The molecule has 24 heavy (non-hydrogen) atoms. The molecule has 0 spiro atoms. The summed E-state index contributed by atoms with van der Waals surface area (Å²) in [7, 11) is 0. The van der Waals surface area contributed by atoms with E-state index in [0.717, 1.165) is 16.5 Å². The number of amides is 1. The summed E-state index contributed by atoms with van der Waals surface area (Å²) in [5.41, 5.74) is 0.904. The van der Waals surface area contributed by atoms with Gasteiger partial charge in [0.05, 0.1) is 4.91 Å². The van der Waals surface area contributed by atoms with Gasteiger partial charge in [0.2, 0.25) is 0 Å². The minimum Gasteiger partial charge on any atom is -0.457 e. The van der Waals surface area contributed by atoms with Crippen LogP contribution in [0.1, 0.15) is 19.6 Å². The summed E-state index contributed by atoms with van der Waals surface area (Å²) >= 11 is 7.40. The molecule has 2 aromatic rings. The highest BCUT2D eigenvalue weighted by Gasteiger charge is 2.32. The number of nitrogens with zero attached hydrogens (tertiary/aromatic N) is 2. The Morgan fingerprint density at radius 1 is 1.29 bits per heavy atom. The molecular formula is C18H17ClN2O2S. The molecule has 1 aromatic heterocycles. The molecule has 1 fully saturated rings. The van der Waals surface area contributed by atoms with E-state index in [1.54, 1.807) is 11.0 Å². The first-order valence-electron chi connectivity index (χ1n) is 7.74. The minimum atomic E-state index is -0.0320. The maximum Gasteiger partial charge on any atom is 0.266 e. The quantitative estimate of drug-likeness (QED) is 0.727. The molecule has 0 aliphatic carbocycles. The zero-order chi connectivity index (χ0) is 17.1. The van der Waals surface area contributed by atoms with Gasteiger partial charge < -0.3 is 4.42 Å². The molecule has 1 amide bonds. The second kappa shape index (κ2) is 7.28. The van der Waals surface area contributed by atoms with E-state index in [1.807, 2.05) is 50.2 Å². The first-order valence-corrected chi connectivity index (χ1v) is 8.93. The molecule has 124 valence electrons. The summed E-state index contributed by atoms with van der Waals surface area (Å²) in [5, 5.41) is 1.40. The maximum absolute atomic E-state index is 12.4. The van der Waals surface area contributed by atoms with E-state index in [2.05, 4.69) is 4.99 Å². The third kappa shape index (κ3) is 3.42. The van der Waals surface area contributed by atoms with Gasteiger partial charge in [-0.3, -0.25) is 14.7 Å². The van der Waals surface area contributed by atoms with Crippen molar-refractivity contribution in [2.45, 2.75) is 13.8 Å². The number of benzene rings is 1. The number of furan rings is 1. The summed E-state index contributed by atoms with van der Waals surface area (Å²) in [6.07, 6.45) is 1.77. The average molecular weight is 361 g/mol. The zero-order valence-corrected chi connectivity index (χ0v) is 15.0. The SMILES string of the molecule is CCN=C1SC(=Cc2ccc(-c3cccc(Cl)c3)o2)C(=O)N1CC. The third-order valence-electron chi connectivity index (χ3n) is 3.51. The van der Waals surface area contributed by atoms with Crippen LogP contribution in [0.3, 0.4) is 0 Å². The molecule has 1 aromatic carbocycles. The number of thioether (sulfide) groups is 1. The topological polar surface area (TPSA) is 45.8 Å². The molecule has 0 atom stereocenters. The summed E-state index contributed by atoms with van der Waals surface area (Å²) in [6, 6.07) is 11.2. The van der Waals surface area contributed by atoms with Crippen LogP contribution < -0.4 is 0 Å². The molecule has 0 saturated carbocycles. The number of rotatable bonds is 4. The highest BCUT2D eigenvalue weighted by Crippen LogP contribution is 2.33. The van der Waals surface area contributed by atoms with E-state index in [9.17, 15) is 4.79 Å². The molecule has 1 aliphatic rings. The van der Waals surface area contributed by atoms with Crippen molar-refractivity contribution < 1.29 is 9.21 Å². The van der Waals surface area contributed by atoms with E-state index < -0.39 is 0 Å². The highest BCUT2D eigenvalue weighted by molar-refractivity contribution is 8.18. The number of halogens is 1. The Morgan fingerprint density at radius 2 is 2.12 bits per heavy atom. The van der Waals surface area contributed by atoms with Crippen molar-refractivity contribution in [2.75, 3.05) is 13.1 Å². The van der Waals surface area contributed by atoms with E-state index in [1.165, 1.54) is 11.8 Å². The van der Waals surface area contributed by atoms with E-state index >= 15 is 0 Å². The number of carbonyl (C=O) groups excluding carboxylic acids is 1. The van der Waals surface area contributed by atoms with Crippen molar-refractivity contribution in [1.29, 1.82) is 0 Å². The van der Waals surface area contributed by atoms with E-state index in [4.69, 9.17) is 16.0 Å². The van der Waals surface area contributed by atoms with Crippen molar-refractivity contribution in [3.63, 3.8) is 0 Å². The summed E-state index contributed by atoms with van der Waals surface area (Å²) in [5.74, 6) is 1.32. The Kier molecular flexibility index (Phi) is 5.11. The van der Waals surface area contributed by atoms with Crippen LogP contribution in [0, 0.1) is 0 Å². The van der Waals surface area contributed by atoms with Gasteiger partial charge in [-0.25, -0.2) is 0 Å². The third-order valence-corrected chi connectivity index (χ3v) is 4.79. The lowest BCUT2D eigenvalue weighted by atomic mass is 10.2. The van der Waals surface area contributed by atoms with Crippen LogP contribution >= 0.6 is 23.4 Å². The Morgan fingerprint density at radius 3 is 2.83 bits per heavy atom. The second-order valence-corrected chi connectivity index (χ2v) is 6.57. The molecule has 0 bridgehead atoms. The average Bonchev–Trinajstić information content (AvgIpc) is 3.14. The number of carbonyl (C=O) groups is 1. The number of aliphatic imine (C=N–C) groups is 1. The van der Waals surface area contributed by atoms with E-state index in [-0.39, 0.29) is 5.91 Å². The minimum absolute atomic E-state index is 0.0320. The Hall–Kier alpha value is -1.98. The van der Waals surface area contributed by atoms with Crippen molar-refractivity contribution in [1.82, 2.24) is 4.90 Å². The van der Waals surface area contributed by atoms with Gasteiger partial charge in [-0.2, -0.15) is 0 Å². The van der Waals surface area contributed by atoms with Gasteiger partial charge in [0.1, 0.15) is 11.5 Å². The molecule has 3 rings (SSSR count). The lowest BCUT2D eigenvalue weighted by molar-refractivity contribution is -0.122. The second-order valence-electron chi connectivity index (χ2n) is 5.13. The molecule has 0 N–H and O–H groups in total. The van der Waals surface area contributed by atoms with Crippen molar-refractivity contribution in [2.24, 2.45) is 4.99 Å². The number of hydrogen-bond donors (Lipinski definition) is 0. The first kappa shape index (κ1) is 16.9. The molecule has 4 nitrogen and oxygen atoms in total. The maximum atomic E-state index is 12.4. The van der Waals surface area contributed by atoms with Crippen LogP contribution in [0.5, 0.6) is 0 Å². The predicted molar refractivity (Wildman–Crippen MR) is 100 cm³/mol. The van der Waals surface area contributed by atoms with Gasteiger partial charge >= 0.3 is 0 Å². The van der Waals surface area contributed by atoms with Crippen molar-refractivity contribution >= 4 is 40.5 Å². The summed E-state index contributed by atoms with van der Waals surface area (Å²) in [6.45, 7) is 5.15. The first-order chi connectivity index (χ1) is 11.6. The van der Waals surface area contributed by atoms with Crippen LogP contribution in [0.4, 0.5) is 0 Å². The fourth-order valence-electron chi connectivity index (χ4n) is 2.40. The molecule has 0 unspecified atom stereocenters. The lowest BCUT2D eigenvalue weighted by Crippen LogP contribution is -2.28. The molecule has 0 radical (unpaired) electrons. The van der Waals surface area contributed by atoms with Gasteiger partial charge in [0, 0.05) is 29.8 Å². The monoisotopic (exact) mass is 360 g/mol. The number of likely N-dealkylation sites (N-methyl/N-ethyl adjacent to an activating group) is 1. The van der Waals surface area contributed by atoms with Crippen LogP contribution in [-0.2, 0) is 4.79 Å². The Bertz CT molecular complexity index is 826. The molecular weight excluding hydrogens is 344 g/mol. The van der Waals surface area contributed by atoms with E-state index in [0.29, 0.717) is 28.8 Å². The molecule has 2 heterocycles. The van der Waals surface area contributed by atoms with Crippen LogP contribution in [0.2, 0.25) is 5.02 Å². The van der Waals surface area contributed by atoms with Crippen LogP contribution in [0.15, 0.2) is 50.7 Å². The molecule has 6 heteroatoms. The Labute approximate surface area is 150 Å². The predicted octanol–water partition coefficient (Wildman–Crippen LogP) is 4.91. The lowest BCUT2D eigenvalue weighted by Gasteiger charge is -2.11. The summed E-state index contributed by atoms with van der Waals surface area (Å²) in [4.78, 5) is 19.1. The fourth-order valence-corrected chi connectivity index (χ4v) is 3.67. The molecule has 1 aliphatic heterocycles. The zero-order valence-electron chi connectivity index (χ0n) is 13.5.